The van der Waals surface area contributed by atoms with Gasteiger partial charge in [0.2, 0.25) is 5.16 Å². The first-order chi connectivity index (χ1) is 7.16. The van der Waals surface area contributed by atoms with Gasteiger partial charge in [-0.05, 0) is 63.0 Å². The summed E-state index contributed by atoms with van der Waals surface area (Å²) >= 11 is 3.68. The Labute approximate surface area is 105 Å². The lowest BCUT2D eigenvalue weighted by Crippen LogP contribution is -1.94. The van der Waals surface area contributed by atoms with Crippen LogP contribution in [0.5, 0.6) is 0 Å². The van der Waals surface area contributed by atoms with Gasteiger partial charge < -0.3 is 5.73 Å². The molecule has 0 saturated carbocycles. The third-order valence-corrected chi connectivity index (χ3v) is 3.55. The number of aryl methyl sites for hydroxylation is 1. The summed E-state index contributed by atoms with van der Waals surface area (Å²) in [5, 5.41) is 11.9. The number of aromatic nitrogens is 4. The van der Waals surface area contributed by atoms with Crippen LogP contribution in [0.2, 0.25) is 0 Å². The maximum atomic E-state index is 5.88. The van der Waals surface area contributed by atoms with Gasteiger partial charge in [-0.2, -0.15) is 0 Å². The Hall–Kier alpha value is -0.830. The number of rotatable bonds is 2. The molecule has 0 saturated heterocycles. The van der Waals surface area contributed by atoms with Crippen molar-refractivity contribution in [1.82, 2.24) is 20.2 Å². The van der Waals surface area contributed by atoms with Crippen molar-refractivity contribution in [3.63, 3.8) is 0 Å². The summed E-state index contributed by atoms with van der Waals surface area (Å²) in [6.07, 6.45) is 0. The van der Waals surface area contributed by atoms with E-state index in [1.54, 1.807) is 11.7 Å². The third-order valence-electron chi connectivity index (χ3n) is 1.75. The fourth-order valence-corrected chi connectivity index (χ4v) is 2.29. The average molecular weight is 333 g/mol. The van der Waals surface area contributed by atoms with E-state index in [-0.39, 0.29) is 0 Å². The van der Waals surface area contributed by atoms with Gasteiger partial charge in [-0.3, -0.25) is 0 Å². The Balaban J connectivity index is 2.29. The van der Waals surface area contributed by atoms with Gasteiger partial charge in [0, 0.05) is 21.2 Å². The van der Waals surface area contributed by atoms with Crippen LogP contribution in [0.1, 0.15) is 0 Å². The zero-order valence-corrected chi connectivity index (χ0v) is 10.9. The van der Waals surface area contributed by atoms with Crippen molar-refractivity contribution in [1.29, 1.82) is 0 Å². The molecule has 1 aromatic heterocycles. The van der Waals surface area contributed by atoms with E-state index < -0.39 is 0 Å². The van der Waals surface area contributed by atoms with Crippen LogP contribution in [0, 0.1) is 3.57 Å². The van der Waals surface area contributed by atoms with Crippen molar-refractivity contribution >= 4 is 40.0 Å². The molecule has 0 bridgehead atoms. The number of benzene rings is 1. The van der Waals surface area contributed by atoms with Crippen molar-refractivity contribution < 1.29 is 0 Å². The van der Waals surface area contributed by atoms with Gasteiger partial charge in [-0.25, -0.2) is 4.68 Å². The maximum absolute atomic E-state index is 5.88. The molecular weight excluding hydrogens is 325 g/mol. The summed E-state index contributed by atoms with van der Waals surface area (Å²) < 4.78 is 2.73. The van der Waals surface area contributed by atoms with Crippen molar-refractivity contribution in [3.05, 3.63) is 21.8 Å². The van der Waals surface area contributed by atoms with Crippen molar-refractivity contribution in [3.8, 4) is 0 Å². The van der Waals surface area contributed by atoms with E-state index >= 15 is 0 Å². The van der Waals surface area contributed by atoms with Gasteiger partial charge in [0.15, 0.2) is 0 Å². The Kier molecular flexibility index (Phi) is 3.10. The lowest BCUT2D eigenvalue weighted by Gasteiger charge is -2.03. The summed E-state index contributed by atoms with van der Waals surface area (Å²) in [5.74, 6) is 0. The number of nitrogens with two attached hydrogens (primary N) is 1. The van der Waals surface area contributed by atoms with Crippen molar-refractivity contribution in [2.24, 2.45) is 7.05 Å². The van der Waals surface area contributed by atoms with E-state index in [9.17, 15) is 0 Å². The molecule has 1 aromatic carbocycles. The molecule has 78 valence electrons. The van der Waals surface area contributed by atoms with E-state index in [1.807, 2.05) is 18.2 Å². The molecule has 2 N–H and O–H groups in total. The molecule has 2 rings (SSSR count). The van der Waals surface area contributed by atoms with Crippen LogP contribution >= 0.6 is 34.4 Å². The molecule has 0 radical (unpaired) electrons. The van der Waals surface area contributed by atoms with E-state index in [2.05, 4.69) is 38.1 Å². The zero-order chi connectivity index (χ0) is 10.8. The molecule has 15 heavy (non-hydrogen) atoms. The molecule has 0 aliphatic carbocycles. The van der Waals surface area contributed by atoms with E-state index in [1.165, 1.54) is 11.8 Å². The standard InChI is InChI=1S/C8H8IN5S/c1-14-8(11-12-13-14)15-7-3-2-5(9)4-6(7)10/h2-4H,10H2,1H3. The van der Waals surface area contributed by atoms with Crippen LogP contribution in [-0.2, 0) is 7.05 Å². The summed E-state index contributed by atoms with van der Waals surface area (Å²) in [6.45, 7) is 0. The van der Waals surface area contributed by atoms with E-state index in [4.69, 9.17) is 5.73 Å². The van der Waals surface area contributed by atoms with Crippen LogP contribution in [0.25, 0.3) is 0 Å². The van der Waals surface area contributed by atoms with Gasteiger partial charge in [-0.1, -0.05) is 0 Å². The van der Waals surface area contributed by atoms with E-state index in [0.29, 0.717) is 0 Å². The Morgan fingerprint density at radius 2 is 2.27 bits per heavy atom. The Morgan fingerprint density at radius 1 is 1.47 bits per heavy atom. The summed E-state index contributed by atoms with van der Waals surface area (Å²) in [4.78, 5) is 0.966. The molecule has 1 heterocycles. The number of halogens is 1. The molecule has 0 aliphatic rings. The van der Waals surface area contributed by atoms with Crippen molar-refractivity contribution in [2.75, 3.05) is 5.73 Å². The largest absolute Gasteiger partial charge is 0.398 e. The molecular formula is C8H8IN5S. The maximum Gasteiger partial charge on any atom is 0.213 e. The first-order valence-electron chi connectivity index (χ1n) is 4.12. The predicted molar refractivity (Wildman–Crippen MR) is 66.5 cm³/mol. The molecule has 0 unspecified atom stereocenters. The zero-order valence-electron chi connectivity index (χ0n) is 7.88. The topological polar surface area (TPSA) is 69.6 Å². The lowest BCUT2D eigenvalue weighted by atomic mass is 10.3. The molecule has 0 spiro atoms. The molecule has 0 atom stereocenters. The molecule has 0 fully saturated rings. The highest BCUT2D eigenvalue weighted by molar-refractivity contribution is 14.1. The SMILES string of the molecule is Cn1nnnc1Sc1ccc(I)cc1N. The lowest BCUT2D eigenvalue weighted by molar-refractivity contribution is 0.664. The minimum atomic E-state index is 0.725. The highest BCUT2D eigenvalue weighted by atomic mass is 127. The van der Waals surface area contributed by atoms with Gasteiger partial charge in [0.25, 0.3) is 0 Å². The predicted octanol–water partition coefficient (Wildman–Crippen LogP) is 1.55. The van der Waals surface area contributed by atoms with Gasteiger partial charge in [0.1, 0.15) is 0 Å². The fourth-order valence-electron chi connectivity index (χ4n) is 1.02. The third kappa shape index (κ3) is 2.40. The Morgan fingerprint density at radius 3 is 2.87 bits per heavy atom. The van der Waals surface area contributed by atoms with Crippen LogP contribution < -0.4 is 5.73 Å². The average Bonchev–Trinajstić information content (AvgIpc) is 2.57. The van der Waals surface area contributed by atoms with E-state index in [0.717, 1.165) is 19.3 Å². The van der Waals surface area contributed by atoms with Crippen LogP contribution in [0.4, 0.5) is 5.69 Å². The minimum Gasteiger partial charge on any atom is -0.398 e. The summed E-state index contributed by atoms with van der Waals surface area (Å²) in [7, 11) is 1.80. The highest BCUT2D eigenvalue weighted by Crippen LogP contribution is 2.30. The summed E-state index contributed by atoms with van der Waals surface area (Å²) in [6, 6.07) is 5.90. The molecule has 2 aromatic rings. The molecule has 7 heteroatoms. The minimum absolute atomic E-state index is 0.725. The van der Waals surface area contributed by atoms with Gasteiger partial charge >= 0.3 is 0 Å². The Bertz CT molecular complexity index is 484. The van der Waals surface area contributed by atoms with Crippen LogP contribution in [-0.4, -0.2) is 20.2 Å². The second-order valence-electron chi connectivity index (χ2n) is 2.87. The van der Waals surface area contributed by atoms with Crippen molar-refractivity contribution in [2.45, 2.75) is 10.1 Å². The summed E-state index contributed by atoms with van der Waals surface area (Å²) in [5.41, 5.74) is 6.63. The quantitative estimate of drug-likeness (QED) is 0.667. The number of hydrogen-bond donors (Lipinski definition) is 1. The van der Waals surface area contributed by atoms with Crippen LogP contribution in [0.3, 0.4) is 0 Å². The number of nitrogens with zero attached hydrogens (tertiary/aromatic N) is 4. The number of hydrogen-bond acceptors (Lipinski definition) is 5. The number of tetrazole rings is 1. The highest BCUT2D eigenvalue weighted by Gasteiger charge is 2.07. The first-order valence-corrected chi connectivity index (χ1v) is 6.01. The smallest absolute Gasteiger partial charge is 0.213 e. The monoisotopic (exact) mass is 333 g/mol. The van der Waals surface area contributed by atoms with Gasteiger partial charge in [0.05, 0.1) is 0 Å². The normalized spacial score (nSPS) is 10.5. The molecule has 0 aliphatic heterocycles. The molecule has 5 nitrogen and oxygen atoms in total. The van der Waals surface area contributed by atoms with Crippen LogP contribution in [0.15, 0.2) is 28.3 Å². The van der Waals surface area contributed by atoms with Gasteiger partial charge in [-0.15, -0.1) is 5.10 Å². The second-order valence-corrected chi connectivity index (χ2v) is 5.12. The first kappa shape index (κ1) is 10.7. The second kappa shape index (κ2) is 4.35. The molecule has 0 amide bonds. The number of nitrogen functional groups attached to an aromatic ring is 1. The number of anilines is 1. The fraction of sp³-hybridized carbons (Fsp3) is 0.125.